The Morgan fingerprint density at radius 2 is 1.78 bits per heavy atom. The maximum Gasteiger partial charge on any atom is 0.337 e. The van der Waals surface area contributed by atoms with Crippen LogP contribution in [0.5, 0.6) is 5.75 Å². The lowest BCUT2D eigenvalue weighted by Crippen LogP contribution is -2.20. The first-order valence-electron chi connectivity index (χ1n) is 5.28. The second-order valence-electron chi connectivity index (χ2n) is 3.86. The Morgan fingerprint density at radius 1 is 1.11 bits per heavy atom. The number of hydrogen-bond acceptors (Lipinski definition) is 3. The van der Waals surface area contributed by atoms with Crippen LogP contribution in [-0.2, 0) is 6.54 Å². The number of phenols is 1. The molecule has 0 saturated carbocycles. The van der Waals surface area contributed by atoms with E-state index in [9.17, 15) is 9.59 Å². The maximum atomic E-state index is 11.6. The van der Waals surface area contributed by atoms with Crippen LogP contribution in [0.4, 0.5) is 0 Å². The molecule has 0 aliphatic carbocycles. The first-order chi connectivity index (χ1) is 8.56. The van der Waals surface area contributed by atoms with E-state index in [4.69, 9.17) is 10.2 Å². The van der Waals surface area contributed by atoms with Gasteiger partial charge in [0, 0.05) is 12.3 Å². The highest BCUT2D eigenvalue weighted by atomic mass is 16.4. The fourth-order valence-electron chi connectivity index (χ4n) is 1.58. The van der Waals surface area contributed by atoms with Gasteiger partial charge in [-0.25, -0.2) is 4.79 Å². The number of phenolic OH excluding ortho intramolecular Hbond substituents is 1. The SMILES string of the molecule is O=C(O)c1ccc(=O)n(Cc2ccc(O)cc2)c1. The number of aromatic hydroxyl groups is 1. The fraction of sp³-hybridized carbons (Fsp3) is 0.0769. The topological polar surface area (TPSA) is 79.5 Å². The lowest BCUT2D eigenvalue weighted by molar-refractivity contribution is 0.0696. The third-order valence-electron chi connectivity index (χ3n) is 2.52. The molecule has 0 unspecified atom stereocenters. The number of carboxylic acids is 1. The predicted molar refractivity (Wildman–Crippen MR) is 64.9 cm³/mol. The highest BCUT2D eigenvalue weighted by Gasteiger charge is 2.05. The average molecular weight is 245 g/mol. The summed E-state index contributed by atoms with van der Waals surface area (Å²) >= 11 is 0. The minimum absolute atomic E-state index is 0.0633. The number of nitrogens with zero attached hydrogens (tertiary/aromatic N) is 1. The van der Waals surface area contributed by atoms with Crippen molar-refractivity contribution in [2.75, 3.05) is 0 Å². The molecule has 0 amide bonds. The second-order valence-corrected chi connectivity index (χ2v) is 3.86. The first kappa shape index (κ1) is 11.9. The molecule has 5 heteroatoms. The van der Waals surface area contributed by atoms with Crippen molar-refractivity contribution in [3.8, 4) is 5.75 Å². The van der Waals surface area contributed by atoms with E-state index >= 15 is 0 Å². The summed E-state index contributed by atoms with van der Waals surface area (Å²) in [4.78, 5) is 22.4. The third kappa shape index (κ3) is 2.57. The molecule has 0 saturated heterocycles. The molecule has 0 atom stereocenters. The van der Waals surface area contributed by atoms with Gasteiger partial charge >= 0.3 is 5.97 Å². The van der Waals surface area contributed by atoms with Gasteiger partial charge in [-0.2, -0.15) is 0 Å². The summed E-state index contributed by atoms with van der Waals surface area (Å²) in [7, 11) is 0. The zero-order chi connectivity index (χ0) is 13.1. The summed E-state index contributed by atoms with van der Waals surface area (Å²) in [5.41, 5.74) is 0.596. The van der Waals surface area contributed by atoms with Crippen molar-refractivity contribution in [2.24, 2.45) is 0 Å². The van der Waals surface area contributed by atoms with Crippen molar-refractivity contribution >= 4 is 5.97 Å². The Labute approximate surface area is 103 Å². The summed E-state index contributed by atoms with van der Waals surface area (Å²) in [6, 6.07) is 8.88. The Hall–Kier alpha value is -2.56. The molecular formula is C13H11NO4. The van der Waals surface area contributed by atoms with Crippen LogP contribution in [0.1, 0.15) is 15.9 Å². The van der Waals surface area contributed by atoms with Gasteiger partial charge in [0.15, 0.2) is 0 Å². The number of aromatic carboxylic acids is 1. The van der Waals surface area contributed by atoms with Crippen LogP contribution in [0.3, 0.4) is 0 Å². The largest absolute Gasteiger partial charge is 0.508 e. The predicted octanol–water partition coefficient (Wildman–Crippen LogP) is 1.30. The molecule has 0 aliphatic heterocycles. The van der Waals surface area contributed by atoms with Gasteiger partial charge in [-0.15, -0.1) is 0 Å². The molecule has 2 aromatic rings. The van der Waals surface area contributed by atoms with E-state index in [0.717, 1.165) is 5.56 Å². The van der Waals surface area contributed by atoms with Crippen LogP contribution in [0.2, 0.25) is 0 Å². The summed E-state index contributed by atoms with van der Waals surface area (Å²) < 4.78 is 1.32. The van der Waals surface area contributed by atoms with Gasteiger partial charge in [-0.05, 0) is 23.8 Å². The first-order valence-corrected chi connectivity index (χ1v) is 5.28. The van der Waals surface area contributed by atoms with Crippen molar-refractivity contribution in [3.63, 3.8) is 0 Å². The lowest BCUT2D eigenvalue weighted by Gasteiger charge is -2.06. The molecule has 1 aromatic carbocycles. The monoisotopic (exact) mass is 245 g/mol. The van der Waals surface area contributed by atoms with E-state index in [1.54, 1.807) is 12.1 Å². The maximum absolute atomic E-state index is 11.6. The molecular weight excluding hydrogens is 234 g/mol. The molecule has 2 N–H and O–H groups in total. The van der Waals surface area contributed by atoms with Gasteiger partial charge in [0.25, 0.3) is 5.56 Å². The Kier molecular flexibility index (Phi) is 3.14. The third-order valence-corrected chi connectivity index (χ3v) is 2.52. The molecule has 0 aliphatic rings. The number of pyridine rings is 1. The Bertz CT molecular complexity index is 628. The van der Waals surface area contributed by atoms with Crippen LogP contribution in [0, 0.1) is 0 Å². The lowest BCUT2D eigenvalue weighted by atomic mass is 10.2. The molecule has 1 aromatic heterocycles. The molecule has 0 spiro atoms. The normalized spacial score (nSPS) is 10.2. The van der Waals surface area contributed by atoms with Gasteiger partial charge < -0.3 is 14.8 Å². The van der Waals surface area contributed by atoms with Gasteiger partial charge in [-0.3, -0.25) is 4.79 Å². The van der Waals surface area contributed by atoms with Crippen molar-refractivity contribution in [3.05, 3.63) is 64.1 Å². The van der Waals surface area contributed by atoms with Crippen LogP contribution >= 0.6 is 0 Å². The molecule has 5 nitrogen and oxygen atoms in total. The van der Waals surface area contributed by atoms with E-state index in [2.05, 4.69) is 0 Å². The van der Waals surface area contributed by atoms with Gasteiger partial charge in [0.1, 0.15) is 5.75 Å². The number of hydrogen-bond donors (Lipinski definition) is 2. The molecule has 2 rings (SSSR count). The van der Waals surface area contributed by atoms with Crippen LogP contribution in [0.25, 0.3) is 0 Å². The molecule has 0 radical (unpaired) electrons. The highest BCUT2D eigenvalue weighted by Crippen LogP contribution is 2.10. The van der Waals surface area contributed by atoms with Crippen LogP contribution in [0.15, 0.2) is 47.4 Å². The van der Waals surface area contributed by atoms with Crippen molar-refractivity contribution in [2.45, 2.75) is 6.54 Å². The second kappa shape index (κ2) is 4.75. The smallest absolute Gasteiger partial charge is 0.337 e. The number of rotatable bonds is 3. The minimum Gasteiger partial charge on any atom is -0.508 e. The van der Waals surface area contributed by atoms with E-state index in [1.807, 2.05) is 0 Å². The molecule has 0 fully saturated rings. The van der Waals surface area contributed by atoms with Gasteiger partial charge in [0.05, 0.1) is 12.1 Å². The van der Waals surface area contributed by atoms with Crippen molar-refractivity contribution < 1.29 is 15.0 Å². The number of aromatic nitrogens is 1. The van der Waals surface area contributed by atoms with Crippen molar-refractivity contribution in [1.82, 2.24) is 4.57 Å². The van der Waals surface area contributed by atoms with E-state index < -0.39 is 5.97 Å². The molecule has 1 heterocycles. The summed E-state index contributed by atoms with van der Waals surface area (Å²) in [5.74, 6) is -0.931. The standard InChI is InChI=1S/C13H11NO4/c15-11-4-1-9(2-5-11)7-14-8-10(13(17)18)3-6-12(14)16/h1-6,8,15H,7H2,(H,17,18). The highest BCUT2D eigenvalue weighted by molar-refractivity contribution is 5.87. The Balaban J connectivity index is 2.33. The fourth-order valence-corrected chi connectivity index (χ4v) is 1.58. The molecule has 92 valence electrons. The zero-order valence-corrected chi connectivity index (χ0v) is 9.41. The zero-order valence-electron chi connectivity index (χ0n) is 9.41. The molecule has 0 bridgehead atoms. The number of benzene rings is 1. The summed E-state index contributed by atoms with van der Waals surface area (Å²) in [5, 5.41) is 18.0. The number of carboxylic acid groups (broad SMARTS) is 1. The minimum atomic E-state index is -1.07. The average Bonchev–Trinajstić information content (AvgIpc) is 2.34. The molecule has 18 heavy (non-hydrogen) atoms. The Morgan fingerprint density at radius 3 is 2.39 bits per heavy atom. The van der Waals surface area contributed by atoms with E-state index in [0.29, 0.717) is 0 Å². The van der Waals surface area contributed by atoms with Crippen molar-refractivity contribution in [1.29, 1.82) is 0 Å². The van der Waals surface area contributed by atoms with Crippen LogP contribution in [-0.4, -0.2) is 20.7 Å². The van der Waals surface area contributed by atoms with Gasteiger partial charge in [-0.1, -0.05) is 12.1 Å². The van der Waals surface area contributed by atoms with E-state index in [-0.39, 0.29) is 23.4 Å². The van der Waals surface area contributed by atoms with E-state index in [1.165, 1.54) is 35.0 Å². The summed E-state index contributed by atoms with van der Waals surface area (Å²) in [6.07, 6.45) is 1.30. The summed E-state index contributed by atoms with van der Waals surface area (Å²) in [6.45, 7) is 0.264. The number of carbonyl (C=O) groups is 1. The quantitative estimate of drug-likeness (QED) is 0.854. The van der Waals surface area contributed by atoms with Crippen LogP contribution < -0.4 is 5.56 Å². The van der Waals surface area contributed by atoms with Gasteiger partial charge in [0.2, 0.25) is 0 Å².